The molecule has 3 atom stereocenters. The molecule has 1 amide bonds. The number of aliphatic carboxylic acids is 1. The lowest BCUT2D eigenvalue weighted by molar-refractivity contribution is -0.189. The van der Waals surface area contributed by atoms with E-state index in [0.717, 1.165) is 42.3 Å². The molecule has 0 aliphatic carbocycles. The highest BCUT2D eigenvalue weighted by atomic mass is 79.9. The van der Waals surface area contributed by atoms with Gasteiger partial charge in [0.1, 0.15) is 23.0 Å². The molecule has 1 N–H and O–H groups in total. The quantitative estimate of drug-likeness (QED) is 0.391. The minimum Gasteiger partial charge on any atom is -0.481 e. The van der Waals surface area contributed by atoms with Crippen LogP contribution in [-0.4, -0.2) is 96.1 Å². The molecule has 9 nitrogen and oxygen atoms in total. The molecule has 44 heavy (non-hydrogen) atoms. The number of rotatable bonds is 8. The lowest BCUT2D eigenvalue weighted by Gasteiger charge is -2.50. The highest BCUT2D eigenvalue weighted by Gasteiger charge is 2.59. The number of benzene rings is 1. The number of hydrogen-bond donors (Lipinski definition) is 1. The molecule has 242 valence electrons. The largest absolute Gasteiger partial charge is 0.481 e. The van der Waals surface area contributed by atoms with Crippen LogP contribution in [0.25, 0.3) is 0 Å². The second-order valence-electron chi connectivity index (χ2n) is 10.4. The summed E-state index contributed by atoms with van der Waals surface area (Å²) in [6.07, 6.45) is -11.2. The van der Waals surface area contributed by atoms with Gasteiger partial charge in [-0.3, -0.25) is 14.7 Å². The maximum atomic E-state index is 15.0. The maximum absolute atomic E-state index is 15.0. The molecule has 2 aromatic rings. The second kappa shape index (κ2) is 11.9. The van der Waals surface area contributed by atoms with Gasteiger partial charge in [-0.15, -0.1) is 0 Å². The van der Waals surface area contributed by atoms with Gasteiger partial charge in [0.2, 0.25) is 5.91 Å². The van der Waals surface area contributed by atoms with E-state index in [1.807, 2.05) is 0 Å². The summed E-state index contributed by atoms with van der Waals surface area (Å²) in [5.41, 5.74) is -2.60. The summed E-state index contributed by atoms with van der Waals surface area (Å²) in [5, 5.41) is 7.74. The number of hydrogen-bond acceptors (Lipinski definition) is 7. The van der Waals surface area contributed by atoms with E-state index < -0.39 is 117 Å². The monoisotopic (exact) mass is 739 g/mol. The Morgan fingerprint density at radius 2 is 1.84 bits per heavy atom. The van der Waals surface area contributed by atoms with E-state index in [1.54, 1.807) is 0 Å². The Balaban J connectivity index is 1.65. The van der Waals surface area contributed by atoms with Crippen molar-refractivity contribution in [1.82, 2.24) is 14.8 Å². The first-order valence-corrected chi connectivity index (χ1v) is 15.3. The summed E-state index contributed by atoms with van der Waals surface area (Å²) in [6.45, 7) is -2.83. The smallest absolute Gasteiger partial charge is 0.425 e. The number of pyridine rings is 1. The van der Waals surface area contributed by atoms with Crippen molar-refractivity contribution in [2.24, 2.45) is 0 Å². The van der Waals surface area contributed by atoms with Crippen LogP contribution in [0.1, 0.15) is 19.0 Å². The van der Waals surface area contributed by atoms with Crippen molar-refractivity contribution in [2.45, 2.75) is 53.4 Å². The van der Waals surface area contributed by atoms with Crippen LogP contribution in [0.3, 0.4) is 0 Å². The number of carboxylic acid groups (broad SMARTS) is 1. The molecule has 4 rings (SSSR count). The van der Waals surface area contributed by atoms with Gasteiger partial charge in [0.05, 0.1) is 27.4 Å². The summed E-state index contributed by atoms with van der Waals surface area (Å²) in [6, 6.07) is 1.79. The summed E-state index contributed by atoms with van der Waals surface area (Å²) in [5.74, 6) is -4.21. The average Bonchev–Trinajstić information content (AvgIpc) is 3.31. The van der Waals surface area contributed by atoms with Crippen molar-refractivity contribution in [2.75, 3.05) is 26.2 Å². The van der Waals surface area contributed by atoms with Crippen LogP contribution in [0, 0.1) is 5.82 Å². The number of aromatic nitrogens is 1. The molecular formula is C25H22BrClF7N3O6S. The van der Waals surface area contributed by atoms with Gasteiger partial charge in [-0.25, -0.2) is 17.6 Å². The zero-order chi connectivity index (χ0) is 33.0. The SMILES string of the molecule is C[C@H](Oc1ccc(S(=O)(=O)[C@@H]2C[C@@H](C(=O)O)N(C(=O)C3(c4ncc(Br)cc4F)CN(CC(F)(F)F)C3)C2)c(Cl)c1)C(F)(F)F. The Labute approximate surface area is 259 Å². The van der Waals surface area contributed by atoms with Crippen molar-refractivity contribution >= 4 is 49.2 Å². The van der Waals surface area contributed by atoms with Crippen molar-refractivity contribution in [1.29, 1.82) is 0 Å². The van der Waals surface area contributed by atoms with Gasteiger partial charge >= 0.3 is 18.3 Å². The van der Waals surface area contributed by atoms with Crippen molar-refractivity contribution in [3.8, 4) is 5.75 Å². The van der Waals surface area contributed by atoms with Crippen LogP contribution in [0.15, 0.2) is 39.8 Å². The van der Waals surface area contributed by atoms with Crippen LogP contribution >= 0.6 is 27.5 Å². The Kier molecular flexibility index (Phi) is 9.25. The first kappa shape index (κ1) is 34.2. The number of carbonyl (C=O) groups excluding carboxylic acids is 1. The number of likely N-dealkylation sites (tertiary alicyclic amines) is 2. The lowest BCUT2D eigenvalue weighted by atomic mass is 9.74. The molecule has 2 fully saturated rings. The molecule has 2 aliphatic rings. The molecule has 0 radical (unpaired) electrons. The van der Waals surface area contributed by atoms with Gasteiger partial charge < -0.3 is 14.7 Å². The normalized spacial score (nSPS) is 21.5. The van der Waals surface area contributed by atoms with E-state index in [9.17, 15) is 49.5 Å². The minimum absolute atomic E-state index is 0.157. The lowest BCUT2D eigenvalue weighted by Crippen LogP contribution is -2.69. The topological polar surface area (TPSA) is 117 Å². The molecule has 3 heterocycles. The highest BCUT2D eigenvalue weighted by molar-refractivity contribution is 9.10. The molecule has 0 saturated carbocycles. The standard InChI is InChI=1S/C25H22BrClF7N3O6S/c1-12(25(32,33)34)43-14-2-3-19(16(27)5-14)44(41,42)15-6-18(21(38)39)37(8-15)22(40)23(9-36(10-23)11-24(29,30)31)20-17(28)4-13(26)7-35-20/h2-5,7,12,15,18H,6,8-11H2,1H3,(H,38,39)/t12-,15+,18-/m0/s1. The number of nitrogens with zero attached hydrogens (tertiary/aromatic N) is 3. The molecule has 0 spiro atoms. The minimum atomic E-state index is -4.72. The number of carboxylic acids is 1. The van der Waals surface area contributed by atoms with Gasteiger partial charge in [-0.2, -0.15) is 26.3 Å². The highest BCUT2D eigenvalue weighted by Crippen LogP contribution is 2.42. The fourth-order valence-electron chi connectivity index (χ4n) is 5.23. The maximum Gasteiger partial charge on any atom is 0.425 e. The number of alkyl halides is 6. The summed E-state index contributed by atoms with van der Waals surface area (Å²) < 4.78 is 125. The van der Waals surface area contributed by atoms with E-state index in [1.165, 1.54) is 0 Å². The predicted molar refractivity (Wildman–Crippen MR) is 142 cm³/mol. The number of amides is 1. The van der Waals surface area contributed by atoms with Gasteiger partial charge in [-0.05, 0) is 47.5 Å². The predicted octanol–water partition coefficient (Wildman–Crippen LogP) is 4.61. The van der Waals surface area contributed by atoms with Crippen LogP contribution in [0.5, 0.6) is 5.75 Å². The molecule has 2 saturated heterocycles. The van der Waals surface area contributed by atoms with Crippen LogP contribution in [0.2, 0.25) is 5.02 Å². The fraction of sp³-hybridized carbons (Fsp3) is 0.480. The Bertz CT molecular complexity index is 1570. The van der Waals surface area contributed by atoms with Crippen LogP contribution < -0.4 is 4.74 Å². The molecule has 19 heteroatoms. The third kappa shape index (κ3) is 6.77. The molecule has 0 unspecified atom stereocenters. The molecule has 1 aromatic carbocycles. The molecular weight excluding hydrogens is 719 g/mol. The second-order valence-corrected chi connectivity index (χ2v) is 14.0. The van der Waals surface area contributed by atoms with Gasteiger partial charge in [0.25, 0.3) is 0 Å². The van der Waals surface area contributed by atoms with Gasteiger partial charge in [0, 0.05) is 36.4 Å². The van der Waals surface area contributed by atoms with Gasteiger partial charge in [-0.1, -0.05) is 11.6 Å². The summed E-state index contributed by atoms with van der Waals surface area (Å²) in [4.78, 5) is 30.9. The molecule has 1 aromatic heterocycles. The molecule has 2 aliphatic heterocycles. The number of carbonyl (C=O) groups is 2. The first-order valence-electron chi connectivity index (χ1n) is 12.6. The average molecular weight is 741 g/mol. The Hall–Kier alpha value is -2.70. The third-order valence-corrected chi connectivity index (χ3v) is 10.3. The number of ether oxygens (including phenoxy) is 1. The summed E-state index contributed by atoms with van der Waals surface area (Å²) in [7, 11) is -4.55. The Morgan fingerprint density at radius 1 is 1.20 bits per heavy atom. The molecule has 0 bridgehead atoms. The van der Waals surface area contributed by atoms with Crippen molar-refractivity contribution in [3.63, 3.8) is 0 Å². The fourth-order valence-corrected chi connectivity index (χ4v) is 7.76. The van der Waals surface area contributed by atoms with E-state index in [2.05, 4.69) is 20.9 Å². The Morgan fingerprint density at radius 3 is 2.36 bits per heavy atom. The number of sulfone groups is 1. The van der Waals surface area contributed by atoms with Crippen LogP contribution in [0.4, 0.5) is 30.7 Å². The first-order chi connectivity index (χ1) is 20.2. The van der Waals surface area contributed by atoms with E-state index in [-0.39, 0.29) is 4.47 Å². The van der Waals surface area contributed by atoms with Gasteiger partial charge in [0.15, 0.2) is 15.9 Å². The van der Waals surface area contributed by atoms with E-state index >= 15 is 4.39 Å². The van der Waals surface area contributed by atoms with Crippen molar-refractivity contribution in [3.05, 3.63) is 51.5 Å². The van der Waals surface area contributed by atoms with Crippen molar-refractivity contribution < 1.29 is 58.6 Å². The zero-order valence-corrected chi connectivity index (χ0v) is 25.5. The van der Waals surface area contributed by atoms with E-state index in [0.29, 0.717) is 4.90 Å². The summed E-state index contributed by atoms with van der Waals surface area (Å²) >= 11 is 9.08. The van der Waals surface area contributed by atoms with E-state index in [4.69, 9.17) is 16.3 Å². The zero-order valence-electron chi connectivity index (χ0n) is 22.3. The van der Waals surface area contributed by atoms with Crippen LogP contribution in [-0.2, 0) is 24.8 Å². The number of halogens is 9. The third-order valence-electron chi connectivity index (χ3n) is 7.29.